The standard InChI is InChI=1S/C27H26N2O/c28-19-10-11-22-21-29(20-18-26(22)30)27(23-12-4-1-5-13-23,24-14-6-2-7-15-24)25-16-8-3-9-17-25/h1-9,11-17,26,30H,10,18,20-21H2/b22-11+. The predicted molar refractivity (Wildman–Crippen MR) is 120 cm³/mol. The molecule has 1 fully saturated rings. The van der Waals surface area contributed by atoms with Gasteiger partial charge in [-0.1, -0.05) is 97.1 Å². The van der Waals surface area contributed by atoms with Crippen LogP contribution in [0.25, 0.3) is 0 Å². The van der Waals surface area contributed by atoms with Crippen molar-refractivity contribution < 1.29 is 5.11 Å². The molecule has 3 heteroatoms. The third-order valence-corrected chi connectivity index (χ3v) is 5.98. The summed E-state index contributed by atoms with van der Waals surface area (Å²) >= 11 is 0. The number of likely N-dealkylation sites (tertiary alicyclic amines) is 1. The minimum atomic E-state index is -0.491. The molecule has 0 spiro atoms. The van der Waals surface area contributed by atoms with E-state index in [4.69, 9.17) is 5.26 Å². The molecule has 1 unspecified atom stereocenters. The van der Waals surface area contributed by atoms with Gasteiger partial charge in [0.15, 0.2) is 0 Å². The van der Waals surface area contributed by atoms with Gasteiger partial charge in [-0.05, 0) is 28.7 Å². The van der Waals surface area contributed by atoms with Gasteiger partial charge in [-0.25, -0.2) is 0 Å². The number of benzene rings is 3. The largest absolute Gasteiger partial charge is 0.389 e. The molecular weight excluding hydrogens is 368 g/mol. The minimum Gasteiger partial charge on any atom is -0.389 e. The van der Waals surface area contributed by atoms with Crippen LogP contribution in [0.5, 0.6) is 0 Å². The zero-order valence-electron chi connectivity index (χ0n) is 17.0. The molecule has 0 aliphatic carbocycles. The van der Waals surface area contributed by atoms with Crippen molar-refractivity contribution in [2.24, 2.45) is 0 Å². The SMILES string of the molecule is N#CC/C=C1\CN(C(c2ccccc2)(c2ccccc2)c2ccccc2)CCC1O. The lowest BCUT2D eigenvalue weighted by molar-refractivity contribution is 0.0858. The van der Waals surface area contributed by atoms with Gasteiger partial charge in [0, 0.05) is 13.1 Å². The van der Waals surface area contributed by atoms with Crippen LogP contribution >= 0.6 is 0 Å². The second-order valence-corrected chi connectivity index (χ2v) is 7.68. The number of hydrogen-bond acceptors (Lipinski definition) is 3. The Hall–Kier alpha value is -3.19. The topological polar surface area (TPSA) is 47.3 Å². The van der Waals surface area contributed by atoms with Crippen LogP contribution in [-0.4, -0.2) is 29.2 Å². The maximum Gasteiger partial charge on any atom is 0.0975 e. The molecule has 0 amide bonds. The fourth-order valence-corrected chi connectivity index (χ4v) is 4.62. The summed E-state index contributed by atoms with van der Waals surface area (Å²) in [6, 6.07) is 33.9. The highest BCUT2D eigenvalue weighted by Crippen LogP contribution is 2.44. The van der Waals surface area contributed by atoms with Crippen LogP contribution in [0, 0.1) is 11.3 Å². The first kappa shape index (κ1) is 20.1. The lowest BCUT2D eigenvalue weighted by Gasteiger charge is -2.48. The summed E-state index contributed by atoms with van der Waals surface area (Å²) in [5.41, 5.74) is 4.01. The van der Waals surface area contributed by atoms with Gasteiger partial charge < -0.3 is 5.11 Å². The Morgan fingerprint density at radius 3 is 1.77 bits per heavy atom. The zero-order valence-corrected chi connectivity index (χ0v) is 17.0. The van der Waals surface area contributed by atoms with E-state index >= 15 is 0 Å². The molecule has 0 bridgehead atoms. The summed E-state index contributed by atoms with van der Waals surface area (Å²) in [5, 5.41) is 19.6. The molecule has 1 saturated heterocycles. The lowest BCUT2D eigenvalue weighted by Crippen LogP contribution is -2.52. The summed E-state index contributed by atoms with van der Waals surface area (Å²) in [4.78, 5) is 2.45. The number of nitrogens with zero attached hydrogens (tertiary/aromatic N) is 2. The Kier molecular flexibility index (Phi) is 6.09. The summed E-state index contributed by atoms with van der Waals surface area (Å²) in [7, 11) is 0. The number of allylic oxidation sites excluding steroid dienone is 1. The first-order valence-electron chi connectivity index (χ1n) is 10.4. The van der Waals surface area contributed by atoms with Crippen molar-refractivity contribution in [2.45, 2.75) is 24.5 Å². The van der Waals surface area contributed by atoms with Crippen LogP contribution < -0.4 is 0 Å². The molecule has 3 nitrogen and oxygen atoms in total. The molecule has 0 saturated carbocycles. The van der Waals surface area contributed by atoms with Gasteiger partial charge in [0.2, 0.25) is 0 Å². The van der Waals surface area contributed by atoms with Crippen molar-refractivity contribution in [3.63, 3.8) is 0 Å². The first-order valence-corrected chi connectivity index (χ1v) is 10.4. The highest BCUT2D eigenvalue weighted by atomic mass is 16.3. The molecule has 0 radical (unpaired) electrons. The average molecular weight is 395 g/mol. The highest BCUT2D eigenvalue weighted by molar-refractivity contribution is 5.50. The number of piperidine rings is 1. The maximum atomic E-state index is 10.6. The van der Waals surface area contributed by atoms with Gasteiger partial charge in [-0.15, -0.1) is 0 Å². The summed E-state index contributed by atoms with van der Waals surface area (Å²) in [6.45, 7) is 1.37. The van der Waals surface area contributed by atoms with Crippen LogP contribution in [0.15, 0.2) is 103 Å². The van der Waals surface area contributed by atoms with E-state index in [9.17, 15) is 5.11 Å². The van der Waals surface area contributed by atoms with Crippen molar-refractivity contribution in [2.75, 3.05) is 13.1 Å². The number of nitriles is 1. The zero-order chi connectivity index (χ0) is 20.8. The van der Waals surface area contributed by atoms with Crippen LogP contribution in [-0.2, 0) is 5.54 Å². The maximum absolute atomic E-state index is 10.6. The molecule has 30 heavy (non-hydrogen) atoms. The van der Waals surface area contributed by atoms with Crippen molar-refractivity contribution >= 4 is 0 Å². The van der Waals surface area contributed by atoms with Crippen molar-refractivity contribution in [1.29, 1.82) is 5.26 Å². The minimum absolute atomic E-state index is 0.315. The van der Waals surface area contributed by atoms with Crippen LogP contribution in [0.2, 0.25) is 0 Å². The number of hydrogen-bond donors (Lipinski definition) is 1. The highest BCUT2D eigenvalue weighted by Gasteiger charge is 2.44. The molecule has 1 heterocycles. The first-order chi connectivity index (χ1) is 14.8. The Morgan fingerprint density at radius 1 is 0.867 bits per heavy atom. The monoisotopic (exact) mass is 394 g/mol. The second-order valence-electron chi connectivity index (χ2n) is 7.68. The van der Waals surface area contributed by atoms with Gasteiger partial charge in [0.1, 0.15) is 0 Å². The van der Waals surface area contributed by atoms with Crippen LogP contribution in [0.1, 0.15) is 29.5 Å². The van der Waals surface area contributed by atoms with Gasteiger partial charge >= 0.3 is 0 Å². The Balaban J connectivity index is 1.95. The van der Waals surface area contributed by atoms with E-state index < -0.39 is 11.6 Å². The number of aliphatic hydroxyl groups is 1. The Morgan fingerprint density at radius 2 is 1.33 bits per heavy atom. The summed E-state index contributed by atoms with van der Waals surface area (Å²) in [6.07, 6.45) is 2.36. The van der Waals surface area contributed by atoms with Crippen LogP contribution in [0.3, 0.4) is 0 Å². The quantitative estimate of drug-likeness (QED) is 0.495. The number of aliphatic hydroxyl groups excluding tert-OH is 1. The van der Waals surface area contributed by atoms with E-state index in [-0.39, 0.29) is 0 Å². The summed E-state index contributed by atoms with van der Waals surface area (Å²) in [5.74, 6) is 0. The number of rotatable bonds is 5. The predicted octanol–water partition coefficient (Wildman–Crippen LogP) is 4.89. The second kappa shape index (κ2) is 9.09. The lowest BCUT2D eigenvalue weighted by atomic mass is 9.74. The van der Waals surface area contributed by atoms with Gasteiger partial charge in [-0.2, -0.15) is 5.26 Å². The normalized spacial score (nSPS) is 18.8. The Labute approximate surface area is 178 Å². The molecule has 3 aromatic rings. The van der Waals surface area contributed by atoms with E-state index in [2.05, 4.69) is 83.8 Å². The fraction of sp³-hybridized carbons (Fsp3) is 0.222. The molecule has 1 N–H and O–H groups in total. The third-order valence-electron chi connectivity index (χ3n) is 5.98. The van der Waals surface area contributed by atoms with Crippen molar-refractivity contribution in [3.05, 3.63) is 119 Å². The van der Waals surface area contributed by atoms with Gasteiger partial charge in [0.25, 0.3) is 0 Å². The van der Waals surface area contributed by atoms with E-state index in [1.165, 1.54) is 16.7 Å². The van der Waals surface area contributed by atoms with Crippen LogP contribution in [0.4, 0.5) is 0 Å². The molecule has 150 valence electrons. The van der Waals surface area contributed by atoms with Gasteiger partial charge in [-0.3, -0.25) is 4.90 Å². The smallest absolute Gasteiger partial charge is 0.0975 e. The molecule has 3 aromatic carbocycles. The fourth-order valence-electron chi connectivity index (χ4n) is 4.62. The van der Waals surface area contributed by atoms with Crippen molar-refractivity contribution in [1.82, 2.24) is 4.90 Å². The van der Waals surface area contributed by atoms with E-state index in [0.717, 1.165) is 12.1 Å². The molecule has 0 aromatic heterocycles. The van der Waals surface area contributed by atoms with E-state index in [1.54, 1.807) is 0 Å². The molecule has 1 aliphatic heterocycles. The van der Waals surface area contributed by atoms with E-state index in [0.29, 0.717) is 19.4 Å². The van der Waals surface area contributed by atoms with E-state index in [1.807, 2.05) is 24.3 Å². The molecule has 1 atom stereocenters. The summed E-state index contributed by atoms with van der Waals surface area (Å²) < 4.78 is 0. The average Bonchev–Trinajstić information content (AvgIpc) is 2.82. The van der Waals surface area contributed by atoms with Gasteiger partial charge in [0.05, 0.1) is 24.1 Å². The molecule has 4 rings (SSSR count). The third kappa shape index (κ3) is 3.68. The Bertz CT molecular complexity index is 926. The molecule has 1 aliphatic rings. The molecular formula is C27H26N2O. The van der Waals surface area contributed by atoms with Crippen molar-refractivity contribution in [3.8, 4) is 6.07 Å².